The van der Waals surface area contributed by atoms with Gasteiger partial charge in [-0.2, -0.15) is 0 Å². The molecule has 1 fully saturated rings. The van der Waals surface area contributed by atoms with Gasteiger partial charge < -0.3 is 12.9 Å². The van der Waals surface area contributed by atoms with Crippen LogP contribution in [-0.4, -0.2) is 6.98 Å². The fourth-order valence-corrected chi connectivity index (χ4v) is 2.24. The zero-order chi connectivity index (χ0) is 9.19. The largest absolute Gasteiger partial charge is 1.00 e. The summed E-state index contributed by atoms with van der Waals surface area (Å²) in [6.07, 6.45) is 3.60. The predicted octanol–water partition coefficient (Wildman–Crippen LogP) is 0.808. The fraction of sp³-hybridized carbons (Fsp3) is 1.00. The van der Waals surface area contributed by atoms with E-state index in [1.165, 1.54) is 0 Å². The van der Waals surface area contributed by atoms with E-state index < -0.39 is 12.8 Å². The van der Waals surface area contributed by atoms with Crippen molar-refractivity contribution in [3.8, 4) is 0 Å². The average molecular weight is 218 g/mol. The molecule has 1 saturated carbocycles. The topological polar surface area (TPSA) is 0 Å². The zero-order valence-electron chi connectivity index (χ0n) is 8.40. The first-order chi connectivity index (χ1) is 5.55. The maximum absolute atomic E-state index is 12.4. The van der Waals surface area contributed by atoms with Gasteiger partial charge in [-0.25, -0.2) is 0 Å². The third kappa shape index (κ3) is 4.24. The SMILES string of the molecule is CC[C@H]1CCCC[C@@H]1[B-](F)(F)F.[K+]. The van der Waals surface area contributed by atoms with E-state index in [1.54, 1.807) is 0 Å². The van der Waals surface area contributed by atoms with E-state index >= 15 is 0 Å². The molecule has 72 valence electrons. The van der Waals surface area contributed by atoms with Gasteiger partial charge in [-0.1, -0.05) is 50.8 Å². The molecule has 1 aliphatic carbocycles. The molecule has 0 saturated heterocycles. The summed E-state index contributed by atoms with van der Waals surface area (Å²) >= 11 is 0. The second-order valence-electron chi connectivity index (χ2n) is 3.74. The number of hydrogen-bond donors (Lipinski definition) is 0. The second-order valence-corrected chi connectivity index (χ2v) is 3.74. The minimum atomic E-state index is -4.58. The van der Waals surface area contributed by atoms with Crippen LogP contribution < -0.4 is 51.4 Å². The van der Waals surface area contributed by atoms with E-state index in [1.807, 2.05) is 6.92 Å². The molecule has 0 aromatic heterocycles. The van der Waals surface area contributed by atoms with Gasteiger partial charge in [0.25, 0.3) is 0 Å². The Morgan fingerprint density at radius 1 is 1.15 bits per heavy atom. The maximum atomic E-state index is 12.4. The van der Waals surface area contributed by atoms with Crippen LogP contribution in [0.5, 0.6) is 0 Å². The number of halogens is 3. The van der Waals surface area contributed by atoms with Gasteiger partial charge in [0, 0.05) is 0 Å². The quantitative estimate of drug-likeness (QED) is 0.601. The van der Waals surface area contributed by atoms with Gasteiger partial charge in [0.15, 0.2) is 0 Å². The van der Waals surface area contributed by atoms with Crippen LogP contribution in [0.15, 0.2) is 0 Å². The van der Waals surface area contributed by atoms with Gasteiger partial charge in [-0.15, -0.1) is 0 Å². The van der Waals surface area contributed by atoms with Crippen molar-refractivity contribution in [2.45, 2.75) is 44.8 Å². The second kappa shape index (κ2) is 6.16. The molecule has 1 rings (SSSR count). The van der Waals surface area contributed by atoms with Crippen LogP contribution in [0.2, 0.25) is 5.82 Å². The Morgan fingerprint density at radius 2 is 1.69 bits per heavy atom. The van der Waals surface area contributed by atoms with Crippen molar-refractivity contribution in [2.24, 2.45) is 5.92 Å². The van der Waals surface area contributed by atoms with Crippen LogP contribution in [-0.2, 0) is 0 Å². The van der Waals surface area contributed by atoms with Crippen molar-refractivity contribution in [3.63, 3.8) is 0 Å². The minimum absolute atomic E-state index is 0. The summed E-state index contributed by atoms with van der Waals surface area (Å²) in [5.74, 6) is -1.04. The van der Waals surface area contributed by atoms with Gasteiger partial charge in [0.2, 0.25) is 0 Å². The fourth-order valence-electron chi connectivity index (χ4n) is 2.24. The van der Waals surface area contributed by atoms with Crippen molar-refractivity contribution < 1.29 is 64.3 Å². The molecule has 0 N–H and O–H groups in total. The molecule has 0 aromatic carbocycles. The van der Waals surface area contributed by atoms with Crippen LogP contribution >= 0.6 is 0 Å². The van der Waals surface area contributed by atoms with Crippen LogP contribution in [0.4, 0.5) is 12.9 Å². The molecule has 0 unspecified atom stereocenters. The number of hydrogen-bond acceptors (Lipinski definition) is 0. The third-order valence-electron chi connectivity index (χ3n) is 2.98. The molecular weight excluding hydrogens is 203 g/mol. The normalized spacial score (nSPS) is 29.5. The molecule has 0 radical (unpaired) electrons. The molecule has 0 amide bonds. The first kappa shape index (κ1) is 14.5. The van der Waals surface area contributed by atoms with E-state index in [-0.39, 0.29) is 57.3 Å². The zero-order valence-corrected chi connectivity index (χ0v) is 11.5. The number of rotatable bonds is 2. The Kier molecular flexibility index (Phi) is 6.86. The first-order valence-corrected chi connectivity index (χ1v) is 4.75. The molecule has 2 atom stereocenters. The molecular formula is C8H15BF3K. The van der Waals surface area contributed by atoms with Crippen molar-refractivity contribution >= 4 is 6.98 Å². The molecule has 0 spiro atoms. The van der Waals surface area contributed by atoms with Crippen molar-refractivity contribution in [1.82, 2.24) is 0 Å². The van der Waals surface area contributed by atoms with E-state index in [9.17, 15) is 12.9 Å². The minimum Gasteiger partial charge on any atom is -0.449 e. The Labute approximate surface area is 121 Å². The smallest absolute Gasteiger partial charge is 0.449 e. The molecule has 0 aliphatic heterocycles. The average Bonchev–Trinajstić information content (AvgIpc) is 2.03. The van der Waals surface area contributed by atoms with E-state index in [0.717, 1.165) is 19.3 Å². The van der Waals surface area contributed by atoms with E-state index in [4.69, 9.17) is 0 Å². The molecule has 0 heterocycles. The van der Waals surface area contributed by atoms with E-state index in [0.29, 0.717) is 12.8 Å². The van der Waals surface area contributed by atoms with Gasteiger partial charge >= 0.3 is 58.4 Å². The van der Waals surface area contributed by atoms with E-state index in [2.05, 4.69) is 0 Å². The van der Waals surface area contributed by atoms with Crippen LogP contribution in [0, 0.1) is 5.92 Å². The molecule has 5 heteroatoms. The summed E-state index contributed by atoms with van der Waals surface area (Å²) < 4.78 is 37.3. The Hall–Kier alpha value is 1.49. The third-order valence-corrected chi connectivity index (χ3v) is 2.98. The molecule has 0 aromatic rings. The van der Waals surface area contributed by atoms with Crippen molar-refractivity contribution in [2.75, 3.05) is 0 Å². The van der Waals surface area contributed by atoms with Gasteiger partial charge in [0.05, 0.1) is 0 Å². The summed E-state index contributed by atoms with van der Waals surface area (Å²) in [6.45, 7) is -2.71. The summed E-state index contributed by atoms with van der Waals surface area (Å²) in [5.41, 5.74) is 0. The summed E-state index contributed by atoms with van der Waals surface area (Å²) in [7, 11) is 0. The summed E-state index contributed by atoms with van der Waals surface area (Å²) in [5, 5.41) is 0. The maximum Gasteiger partial charge on any atom is 1.00 e. The monoisotopic (exact) mass is 218 g/mol. The Morgan fingerprint density at radius 3 is 2.08 bits per heavy atom. The van der Waals surface area contributed by atoms with Gasteiger partial charge in [-0.3, -0.25) is 0 Å². The standard InChI is InChI=1S/C8H15BF3.K/c1-2-7-5-3-4-6-8(7)9(10,11)12;/h7-8H,2-6H2,1H3;/q-1;+1/t7-,8-;/m0./s1. The molecule has 13 heavy (non-hydrogen) atoms. The van der Waals surface area contributed by atoms with Crippen LogP contribution in [0.3, 0.4) is 0 Å². The Balaban J connectivity index is 0.00000144. The summed E-state index contributed by atoms with van der Waals surface area (Å²) in [6, 6.07) is 0. The molecule has 0 nitrogen and oxygen atoms in total. The Bertz CT molecular complexity index is 149. The predicted molar refractivity (Wildman–Crippen MR) is 45.1 cm³/mol. The van der Waals surface area contributed by atoms with Crippen LogP contribution in [0.1, 0.15) is 39.0 Å². The van der Waals surface area contributed by atoms with Crippen LogP contribution in [0.25, 0.3) is 0 Å². The first-order valence-electron chi connectivity index (χ1n) is 4.75. The van der Waals surface area contributed by atoms with Gasteiger partial charge in [0.1, 0.15) is 0 Å². The van der Waals surface area contributed by atoms with Crippen molar-refractivity contribution in [1.29, 1.82) is 0 Å². The molecule has 0 bridgehead atoms. The summed E-state index contributed by atoms with van der Waals surface area (Å²) in [4.78, 5) is 0. The van der Waals surface area contributed by atoms with Crippen molar-refractivity contribution in [3.05, 3.63) is 0 Å². The molecule has 1 aliphatic rings. The van der Waals surface area contributed by atoms with Gasteiger partial charge in [-0.05, 0) is 0 Å².